The minimum atomic E-state index is -0.902. The second kappa shape index (κ2) is 6.81. The van der Waals surface area contributed by atoms with Crippen LogP contribution in [0.4, 0.5) is 10.5 Å². The molecule has 0 aliphatic heterocycles. The first-order chi connectivity index (χ1) is 11.6. The predicted molar refractivity (Wildman–Crippen MR) is 91.2 cm³/mol. The van der Waals surface area contributed by atoms with Crippen LogP contribution < -0.4 is 10.6 Å². The van der Waals surface area contributed by atoms with E-state index in [4.69, 9.17) is 0 Å². The minimum absolute atomic E-state index is 0.246. The van der Waals surface area contributed by atoms with E-state index < -0.39 is 5.92 Å². The van der Waals surface area contributed by atoms with E-state index in [-0.39, 0.29) is 17.9 Å². The van der Waals surface area contributed by atoms with E-state index in [1.165, 1.54) is 11.3 Å². The van der Waals surface area contributed by atoms with Crippen LogP contribution in [0.2, 0.25) is 0 Å². The van der Waals surface area contributed by atoms with Gasteiger partial charge in [-0.2, -0.15) is 5.26 Å². The summed E-state index contributed by atoms with van der Waals surface area (Å²) in [5.74, 6) is -1.19. The highest BCUT2D eigenvalue weighted by atomic mass is 32.1. The van der Waals surface area contributed by atoms with E-state index in [1.54, 1.807) is 24.3 Å². The predicted octanol–water partition coefficient (Wildman–Crippen LogP) is 3.23. The maximum atomic E-state index is 12.5. The Hall–Kier alpha value is -2.72. The third kappa shape index (κ3) is 3.78. The number of nitrogens with zero attached hydrogens (tertiary/aromatic N) is 2. The molecule has 1 saturated carbocycles. The van der Waals surface area contributed by atoms with Crippen LogP contribution in [0.3, 0.4) is 0 Å². The first-order valence-electron chi connectivity index (χ1n) is 7.60. The zero-order valence-corrected chi connectivity index (χ0v) is 13.9. The van der Waals surface area contributed by atoms with Crippen molar-refractivity contribution in [2.75, 3.05) is 5.32 Å². The summed E-state index contributed by atoms with van der Waals surface area (Å²) >= 11 is 1.31. The summed E-state index contributed by atoms with van der Waals surface area (Å²) in [6.07, 6.45) is 2.04. The summed E-state index contributed by atoms with van der Waals surface area (Å²) in [7, 11) is 0. The van der Waals surface area contributed by atoms with Crippen LogP contribution in [0.1, 0.15) is 39.8 Å². The van der Waals surface area contributed by atoms with Gasteiger partial charge >= 0.3 is 6.03 Å². The molecule has 122 valence electrons. The van der Waals surface area contributed by atoms with Crippen molar-refractivity contribution in [2.45, 2.75) is 31.7 Å². The Labute approximate surface area is 143 Å². The standard InChI is InChI=1S/C17H16N4O2S/c1-10-9-24-16(19-10)14(8-18)15(22)11-2-4-12(5-3-11)20-17(23)21-13-6-7-13/h2-5,9,13-14H,6-7H2,1H3,(H2,20,21,23)/t14-/m0/s1. The van der Waals surface area contributed by atoms with E-state index in [9.17, 15) is 14.9 Å². The van der Waals surface area contributed by atoms with Crippen molar-refractivity contribution >= 4 is 28.8 Å². The van der Waals surface area contributed by atoms with E-state index >= 15 is 0 Å². The van der Waals surface area contributed by atoms with Gasteiger partial charge in [0.25, 0.3) is 0 Å². The lowest BCUT2D eigenvalue weighted by atomic mass is 9.99. The molecule has 2 amide bonds. The number of hydrogen-bond acceptors (Lipinski definition) is 5. The Morgan fingerprint density at radius 3 is 2.58 bits per heavy atom. The largest absolute Gasteiger partial charge is 0.335 e. The van der Waals surface area contributed by atoms with Crippen LogP contribution in [-0.2, 0) is 0 Å². The van der Waals surface area contributed by atoms with Gasteiger partial charge in [-0.05, 0) is 44.0 Å². The molecule has 0 saturated heterocycles. The Morgan fingerprint density at radius 2 is 2.04 bits per heavy atom. The van der Waals surface area contributed by atoms with Crippen LogP contribution in [0, 0.1) is 18.3 Å². The number of urea groups is 1. The zero-order chi connectivity index (χ0) is 17.1. The fourth-order valence-corrected chi connectivity index (χ4v) is 3.03. The van der Waals surface area contributed by atoms with Crippen LogP contribution in [0.5, 0.6) is 0 Å². The molecule has 1 aromatic carbocycles. The first kappa shape index (κ1) is 16.1. The quantitative estimate of drug-likeness (QED) is 0.817. The Bertz CT molecular complexity index is 803. The Balaban J connectivity index is 1.68. The molecule has 6 nitrogen and oxygen atoms in total. The number of hydrogen-bond donors (Lipinski definition) is 2. The van der Waals surface area contributed by atoms with Crippen molar-refractivity contribution in [3.05, 3.63) is 45.9 Å². The van der Waals surface area contributed by atoms with Gasteiger partial charge in [0.2, 0.25) is 0 Å². The summed E-state index contributed by atoms with van der Waals surface area (Å²) in [5.41, 5.74) is 1.81. The van der Waals surface area contributed by atoms with Crippen molar-refractivity contribution in [3.63, 3.8) is 0 Å². The average Bonchev–Trinajstić information content (AvgIpc) is 3.27. The summed E-state index contributed by atoms with van der Waals surface area (Å²) in [6.45, 7) is 1.83. The zero-order valence-electron chi connectivity index (χ0n) is 13.1. The van der Waals surface area contributed by atoms with Crippen LogP contribution in [-0.4, -0.2) is 22.8 Å². The van der Waals surface area contributed by atoms with Gasteiger partial charge in [0.15, 0.2) is 11.7 Å². The topological polar surface area (TPSA) is 94.9 Å². The van der Waals surface area contributed by atoms with Gasteiger partial charge in [0.1, 0.15) is 5.01 Å². The third-order valence-electron chi connectivity index (χ3n) is 3.61. The molecule has 0 bridgehead atoms. The number of nitrogens with one attached hydrogen (secondary N) is 2. The third-order valence-corrected chi connectivity index (χ3v) is 4.64. The Morgan fingerprint density at radius 1 is 1.33 bits per heavy atom. The van der Waals surface area contributed by atoms with Gasteiger partial charge in [-0.1, -0.05) is 0 Å². The van der Waals surface area contributed by atoms with Crippen LogP contribution in [0.15, 0.2) is 29.6 Å². The van der Waals surface area contributed by atoms with Gasteiger partial charge < -0.3 is 10.6 Å². The monoisotopic (exact) mass is 340 g/mol. The van der Waals surface area contributed by atoms with E-state index in [1.807, 2.05) is 18.4 Å². The number of rotatable bonds is 5. The maximum absolute atomic E-state index is 12.5. The molecule has 0 radical (unpaired) electrons. The summed E-state index contributed by atoms with van der Waals surface area (Å²) < 4.78 is 0. The summed E-state index contributed by atoms with van der Waals surface area (Å²) in [5, 5.41) is 17.2. The van der Waals surface area contributed by atoms with E-state index in [2.05, 4.69) is 15.6 Å². The highest BCUT2D eigenvalue weighted by Crippen LogP contribution is 2.24. The van der Waals surface area contributed by atoms with Crippen LogP contribution in [0.25, 0.3) is 0 Å². The highest BCUT2D eigenvalue weighted by molar-refractivity contribution is 7.10. The van der Waals surface area contributed by atoms with Gasteiger partial charge in [0, 0.05) is 28.4 Å². The molecule has 1 fully saturated rings. The number of carbonyl (C=O) groups is 2. The molecule has 1 aliphatic carbocycles. The molecule has 1 atom stereocenters. The number of carbonyl (C=O) groups excluding carboxylic acids is 2. The Kier molecular flexibility index (Phi) is 4.58. The molecule has 1 heterocycles. The number of Topliss-reactive ketones (excluding diaryl/α,β-unsaturated/α-hetero) is 1. The number of aryl methyl sites for hydroxylation is 1. The van der Waals surface area contributed by atoms with Gasteiger partial charge in [-0.15, -0.1) is 11.3 Å². The van der Waals surface area contributed by atoms with Gasteiger partial charge in [-0.25, -0.2) is 9.78 Å². The minimum Gasteiger partial charge on any atom is -0.335 e. The fraction of sp³-hybridized carbons (Fsp3) is 0.294. The number of thiazole rings is 1. The molecule has 24 heavy (non-hydrogen) atoms. The SMILES string of the molecule is Cc1csc([C@@H](C#N)C(=O)c2ccc(NC(=O)NC3CC3)cc2)n1. The fourth-order valence-electron chi connectivity index (χ4n) is 2.20. The average molecular weight is 340 g/mol. The van der Waals surface area contributed by atoms with Crippen LogP contribution >= 0.6 is 11.3 Å². The van der Waals surface area contributed by atoms with E-state index in [0.717, 1.165) is 18.5 Å². The smallest absolute Gasteiger partial charge is 0.319 e. The van der Waals surface area contributed by atoms with E-state index in [0.29, 0.717) is 16.3 Å². The number of benzene rings is 1. The molecule has 7 heteroatoms. The lowest BCUT2D eigenvalue weighted by Crippen LogP contribution is -2.30. The second-order valence-corrected chi connectivity index (χ2v) is 6.59. The van der Waals surface area contributed by atoms with Crippen molar-refractivity contribution < 1.29 is 9.59 Å². The van der Waals surface area contributed by atoms with Gasteiger partial charge in [-0.3, -0.25) is 4.79 Å². The molecule has 1 aliphatic rings. The molecule has 3 rings (SSSR count). The molecule has 1 aromatic heterocycles. The maximum Gasteiger partial charge on any atom is 0.319 e. The number of amides is 2. The highest BCUT2D eigenvalue weighted by Gasteiger charge is 2.25. The molecule has 2 N–H and O–H groups in total. The normalized spacial score (nSPS) is 14.5. The van der Waals surface area contributed by atoms with Crippen molar-refractivity contribution in [3.8, 4) is 6.07 Å². The molecular formula is C17H16N4O2S. The molecule has 0 unspecified atom stereocenters. The number of aromatic nitrogens is 1. The lowest BCUT2D eigenvalue weighted by molar-refractivity contribution is 0.0979. The van der Waals surface area contributed by atoms with Gasteiger partial charge in [0.05, 0.1) is 6.07 Å². The molecular weight excluding hydrogens is 324 g/mol. The summed E-state index contributed by atoms with van der Waals surface area (Å²) in [4.78, 5) is 28.4. The first-order valence-corrected chi connectivity index (χ1v) is 8.48. The summed E-state index contributed by atoms with van der Waals surface area (Å²) in [6, 6.07) is 8.59. The number of ketones is 1. The molecule has 0 spiro atoms. The molecule has 2 aromatic rings. The van der Waals surface area contributed by atoms with Crippen molar-refractivity contribution in [2.24, 2.45) is 0 Å². The van der Waals surface area contributed by atoms with Crippen molar-refractivity contribution in [1.29, 1.82) is 5.26 Å². The second-order valence-electron chi connectivity index (χ2n) is 5.70. The lowest BCUT2D eigenvalue weighted by Gasteiger charge is -2.08. The number of anilines is 1. The van der Waals surface area contributed by atoms with Crippen molar-refractivity contribution in [1.82, 2.24) is 10.3 Å². The number of nitriles is 1.